The molecular formula is C14H15BrN4OS. The molecule has 21 heavy (non-hydrogen) atoms. The fourth-order valence-corrected chi connectivity index (χ4v) is 3.38. The quantitative estimate of drug-likeness (QED) is 0.649. The monoisotopic (exact) mass is 366 g/mol. The van der Waals surface area contributed by atoms with E-state index in [0.717, 1.165) is 46.8 Å². The summed E-state index contributed by atoms with van der Waals surface area (Å²) in [7, 11) is 0. The molecule has 0 spiro atoms. The first-order valence-electron chi connectivity index (χ1n) is 6.96. The lowest BCUT2D eigenvalue weighted by Crippen LogP contribution is -2.10. The highest BCUT2D eigenvalue weighted by molar-refractivity contribution is 9.10. The number of aryl methyl sites for hydroxylation is 1. The van der Waals surface area contributed by atoms with Gasteiger partial charge in [0.15, 0.2) is 5.16 Å². The Hall–Kier alpha value is -1.21. The van der Waals surface area contributed by atoms with E-state index >= 15 is 0 Å². The molecule has 0 aromatic carbocycles. The second kappa shape index (κ2) is 6.27. The largest absolute Gasteiger partial charge is 0.301 e. The van der Waals surface area contributed by atoms with Gasteiger partial charge in [-0.25, -0.2) is 15.0 Å². The molecule has 0 aliphatic heterocycles. The number of nitrogens with zero attached hydrogens (tertiary/aromatic N) is 3. The van der Waals surface area contributed by atoms with E-state index in [0.29, 0.717) is 11.1 Å². The van der Waals surface area contributed by atoms with E-state index in [4.69, 9.17) is 0 Å². The maximum Gasteiger partial charge on any atom is 0.251 e. The van der Waals surface area contributed by atoms with Crippen molar-refractivity contribution >= 4 is 27.7 Å². The van der Waals surface area contributed by atoms with Crippen molar-refractivity contribution in [2.45, 2.75) is 48.7 Å². The Morgan fingerprint density at radius 3 is 2.86 bits per heavy atom. The number of halogens is 1. The van der Waals surface area contributed by atoms with Gasteiger partial charge in [-0.3, -0.25) is 4.79 Å². The van der Waals surface area contributed by atoms with Crippen molar-refractivity contribution in [3.05, 3.63) is 38.6 Å². The summed E-state index contributed by atoms with van der Waals surface area (Å²) in [4.78, 5) is 27.9. The first-order chi connectivity index (χ1) is 10.1. The standard InChI is InChI=1S/C14H15BrN4OS/c1-2-3-9-6-11(20)18-14(16-9)21-12-7-10(15)17-13(19-12)8-4-5-8/h6-8H,2-5H2,1H3,(H,16,18,20). The van der Waals surface area contributed by atoms with E-state index in [2.05, 4.69) is 42.8 Å². The van der Waals surface area contributed by atoms with Crippen molar-refractivity contribution < 1.29 is 0 Å². The van der Waals surface area contributed by atoms with Crippen molar-refractivity contribution in [2.75, 3.05) is 0 Å². The zero-order valence-corrected chi connectivity index (χ0v) is 14.0. The van der Waals surface area contributed by atoms with E-state index in [9.17, 15) is 4.79 Å². The second-order valence-corrected chi connectivity index (χ2v) is 6.88. The highest BCUT2D eigenvalue weighted by atomic mass is 79.9. The van der Waals surface area contributed by atoms with Gasteiger partial charge in [-0.05, 0) is 47.0 Å². The Balaban J connectivity index is 1.87. The molecule has 2 aromatic rings. The third-order valence-corrected chi connectivity index (χ3v) is 4.32. The third kappa shape index (κ3) is 3.91. The molecule has 3 rings (SSSR count). The van der Waals surface area contributed by atoms with Crippen molar-refractivity contribution in [3.8, 4) is 0 Å². The van der Waals surface area contributed by atoms with Crippen molar-refractivity contribution in [1.29, 1.82) is 0 Å². The van der Waals surface area contributed by atoms with E-state index in [1.807, 2.05) is 6.07 Å². The maximum absolute atomic E-state index is 11.7. The molecule has 1 N–H and O–H groups in total. The van der Waals surface area contributed by atoms with E-state index in [1.54, 1.807) is 6.07 Å². The number of rotatable bonds is 5. The van der Waals surface area contributed by atoms with Crippen LogP contribution < -0.4 is 5.56 Å². The van der Waals surface area contributed by atoms with Crippen LogP contribution >= 0.6 is 27.7 Å². The molecule has 0 bridgehead atoms. The summed E-state index contributed by atoms with van der Waals surface area (Å²) < 4.78 is 0.772. The van der Waals surface area contributed by atoms with Crippen LogP contribution in [-0.2, 0) is 6.42 Å². The minimum absolute atomic E-state index is 0.119. The molecule has 0 radical (unpaired) electrons. The van der Waals surface area contributed by atoms with Gasteiger partial charge < -0.3 is 4.98 Å². The molecule has 0 amide bonds. The molecule has 7 heteroatoms. The lowest BCUT2D eigenvalue weighted by molar-refractivity contribution is 0.812. The van der Waals surface area contributed by atoms with Crippen LogP contribution in [0, 0.1) is 0 Å². The Morgan fingerprint density at radius 2 is 2.14 bits per heavy atom. The minimum atomic E-state index is -0.119. The molecule has 2 heterocycles. The molecule has 1 aliphatic carbocycles. The predicted octanol–water partition coefficient (Wildman–Crippen LogP) is 3.30. The van der Waals surface area contributed by atoms with Gasteiger partial charge >= 0.3 is 0 Å². The fourth-order valence-electron chi connectivity index (χ4n) is 2.01. The normalized spacial score (nSPS) is 14.4. The van der Waals surface area contributed by atoms with E-state index in [-0.39, 0.29) is 5.56 Å². The zero-order chi connectivity index (χ0) is 14.8. The first kappa shape index (κ1) is 14.7. The molecule has 0 atom stereocenters. The van der Waals surface area contributed by atoms with Gasteiger partial charge in [0.1, 0.15) is 15.5 Å². The zero-order valence-electron chi connectivity index (χ0n) is 11.6. The van der Waals surface area contributed by atoms with E-state index in [1.165, 1.54) is 11.8 Å². The summed E-state index contributed by atoms with van der Waals surface area (Å²) in [6, 6.07) is 3.40. The molecule has 5 nitrogen and oxygen atoms in total. The lowest BCUT2D eigenvalue weighted by atomic mass is 10.2. The first-order valence-corrected chi connectivity index (χ1v) is 8.57. The second-order valence-electron chi connectivity index (χ2n) is 5.06. The number of nitrogens with one attached hydrogen (secondary N) is 1. The van der Waals surface area contributed by atoms with Crippen LogP contribution in [0.4, 0.5) is 0 Å². The van der Waals surface area contributed by atoms with Gasteiger partial charge in [0, 0.05) is 23.7 Å². The number of aromatic amines is 1. The highest BCUT2D eigenvalue weighted by Crippen LogP contribution is 2.39. The number of hydrogen-bond donors (Lipinski definition) is 1. The summed E-state index contributed by atoms with van der Waals surface area (Å²) in [5, 5.41) is 1.38. The van der Waals surface area contributed by atoms with Crippen LogP contribution in [0.5, 0.6) is 0 Å². The van der Waals surface area contributed by atoms with Crippen LogP contribution in [0.15, 0.2) is 31.7 Å². The molecule has 1 saturated carbocycles. The lowest BCUT2D eigenvalue weighted by Gasteiger charge is -2.05. The van der Waals surface area contributed by atoms with Gasteiger partial charge in [-0.2, -0.15) is 0 Å². The Labute approximate surface area is 135 Å². The van der Waals surface area contributed by atoms with Crippen LogP contribution in [-0.4, -0.2) is 19.9 Å². The van der Waals surface area contributed by atoms with Crippen molar-refractivity contribution in [3.63, 3.8) is 0 Å². The van der Waals surface area contributed by atoms with Crippen LogP contribution in [0.3, 0.4) is 0 Å². The minimum Gasteiger partial charge on any atom is -0.301 e. The summed E-state index contributed by atoms with van der Waals surface area (Å²) >= 11 is 4.79. The Morgan fingerprint density at radius 1 is 1.33 bits per heavy atom. The smallest absolute Gasteiger partial charge is 0.251 e. The summed E-state index contributed by atoms with van der Waals surface area (Å²) in [5.41, 5.74) is 0.700. The van der Waals surface area contributed by atoms with Crippen molar-refractivity contribution in [1.82, 2.24) is 19.9 Å². The predicted molar refractivity (Wildman–Crippen MR) is 84.7 cm³/mol. The highest BCUT2D eigenvalue weighted by Gasteiger charge is 2.27. The summed E-state index contributed by atoms with van der Waals surface area (Å²) in [6.45, 7) is 2.07. The molecule has 0 unspecified atom stereocenters. The van der Waals surface area contributed by atoms with Crippen molar-refractivity contribution in [2.24, 2.45) is 0 Å². The fraction of sp³-hybridized carbons (Fsp3) is 0.429. The average molecular weight is 367 g/mol. The molecule has 1 aliphatic rings. The molecule has 0 saturated heterocycles. The van der Waals surface area contributed by atoms with Gasteiger partial charge in [0.2, 0.25) is 0 Å². The summed E-state index contributed by atoms with van der Waals surface area (Å²) in [5.74, 6) is 1.36. The SMILES string of the molecule is CCCc1cc(=O)[nH]c(Sc2cc(Br)nc(C3CC3)n2)n1. The maximum atomic E-state index is 11.7. The number of aromatic nitrogens is 4. The van der Waals surface area contributed by atoms with Gasteiger partial charge in [0.05, 0.1) is 0 Å². The molecule has 110 valence electrons. The van der Waals surface area contributed by atoms with Gasteiger partial charge in [-0.1, -0.05) is 13.3 Å². The van der Waals surface area contributed by atoms with Crippen LogP contribution in [0.2, 0.25) is 0 Å². The summed E-state index contributed by atoms with van der Waals surface area (Å²) in [6.07, 6.45) is 4.08. The van der Waals surface area contributed by atoms with Gasteiger partial charge in [0.25, 0.3) is 5.56 Å². The number of hydrogen-bond acceptors (Lipinski definition) is 5. The molecule has 2 aromatic heterocycles. The number of H-pyrrole nitrogens is 1. The van der Waals surface area contributed by atoms with Crippen LogP contribution in [0.1, 0.15) is 43.6 Å². The molecular weight excluding hydrogens is 352 g/mol. The topological polar surface area (TPSA) is 71.5 Å². The van der Waals surface area contributed by atoms with E-state index < -0.39 is 0 Å². The third-order valence-electron chi connectivity index (χ3n) is 3.11. The Kier molecular flexibility index (Phi) is 4.40. The van der Waals surface area contributed by atoms with Gasteiger partial charge in [-0.15, -0.1) is 0 Å². The average Bonchev–Trinajstić information content (AvgIpc) is 3.21. The molecule has 1 fully saturated rings. The van der Waals surface area contributed by atoms with Crippen LogP contribution in [0.25, 0.3) is 0 Å². The Bertz CT molecular complexity index is 714.